The zero-order valence-corrected chi connectivity index (χ0v) is 9.81. The zero-order chi connectivity index (χ0) is 12.4. The van der Waals surface area contributed by atoms with Crippen LogP contribution in [-0.2, 0) is 14.3 Å². The lowest BCUT2D eigenvalue weighted by atomic mass is 9.95. The monoisotopic (exact) mass is 242 g/mol. The molecule has 2 aliphatic rings. The molecule has 0 aromatic rings. The van der Waals surface area contributed by atoms with Gasteiger partial charge in [0.15, 0.2) is 0 Å². The quantitative estimate of drug-likeness (QED) is 0.604. The van der Waals surface area contributed by atoms with Crippen LogP contribution in [0.15, 0.2) is 0 Å². The van der Waals surface area contributed by atoms with Crippen molar-refractivity contribution >= 4 is 11.9 Å². The number of aliphatic carboxylic acids is 1. The minimum absolute atomic E-state index is 0.215. The summed E-state index contributed by atoms with van der Waals surface area (Å²) in [6, 6.07) is -0.643. The van der Waals surface area contributed by atoms with Gasteiger partial charge in [-0.2, -0.15) is 0 Å². The van der Waals surface area contributed by atoms with E-state index in [1.807, 2.05) is 0 Å². The van der Waals surface area contributed by atoms with E-state index in [2.05, 4.69) is 10.6 Å². The molecule has 0 aromatic heterocycles. The highest BCUT2D eigenvalue weighted by Gasteiger charge is 2.40. The molecule has 96 valence electrons. The number of fused-ring (bicyclic) bond motifs is 2. The van der Waals surface area contributed by atoms with Crippen LogP contribution >= 0.6 is 0 Å². The van der Waals surface area contributed by atoms with Gasteiger partial charge in [-0.05, 0) is 19.3 Å². The van der Waals surface area contributed by atoms with Crippen molar-refractivity contribution in [3.63, 3.8) is 0 Å². The number of carboxylic acid groups (broad SMARTS) is 1. The number of rotatable bonds is 5. The summed E-state index contributed by atoms with van der Waals surface area (Å²) in [6.07, 6.45) is 3.64. The molecule has 0 spiro atoms. The van der Waals surface area contributed by atoms with Crippen molar-refractivity contribution in [2.45, 2.75) is 50.5 Å². The Kier molecular flexibility index (Phi) is 3.63. The Morgan fingerprint density at radius 2 is 2.24 bits per heavy atom. The van der Waals surface area contributed by atoms with Crippen LogP contribution < -0.4 is 10.6 Å². The van der Waals surface area contributed by atoms with Gasteiger partial charge in [0.2, 0.25) is 5.91 Å². The first-order valence-corrected chi connectivity index (χ1v) is 5.95. The Balaban J connectivity index is 1.79. The largest absolute Gasteiger partial charge is 0.480 e. The third kappa shape index (κ3) is 2.95. The molecule has 1 amide bonds. The van der Waals surface area contributed by atoms with Gasteiger partial charge in [0.1, 0.15) is 6.04 Å². The van der Waals surface area contributed by atoms with Crippen LogP contribution in [0.1, 0.15) is 26.2 Å². The summed E-state index contributed by atoms with van der Waals surface area (Å²) in [5, 5.41) is 14.5. The highest BCUT2D eigenvalue weighted by atomic mass is 16.5. The molecule has 6 nitrogen and oxygen atoms in total. The Morgan fingerprint density at radius 3 is 2.71 bits per heavy atom. The first-order chi connectivity index (χ1) is 8.06. The summed E-state index contributed by atoms with van der Waals surface area (Å²) in [4.78, 5) is 21.8. The van der Waals surface area contributed by atoms with Crippen molar-refractivity contribution in [3.05, 3.63) is 0 Å². The van der Waals surface area contributed by atoms with Crippen molar-refractivity contribution in [3.8, 4) is 0 Å². The van der Waals surface area contributed by atoms with Crippen LogP contribution in [0.5, 0.6) is 0 Å². The summed E-state index contributed by atoms with van der Waals surface area (Å²) in [6.45, 7) is 1.56. The molecule has 0 saturated carbocycles. The minimum atomic E-state index is -1.02. The van der Waals surface area contributed by atoms with E-state index in [0.29, 0.717) is 6.10 Å². The van der Waals surface area contributed by atoms with Crippen LogP contribution in [0.4, 0.5) is 0 Å². The highest BCUT2D eigenvalue weighted by molar-refractivity contribution is 5.82. The number of nitrogens with one attached hydrogen (secondary N) is 2. The summed E-state index contributed by atoms with van der Waals surface area (Å²) in [5.41, 5.74) is 0. The van der Waals surface area contributed by atoms with E-state index in [4.69, 9.17) is 9.84 Å². The number of ether oxygens (including phenoxy) is 1. The molecule has 0 radical (unpaired) electrons. The Morgan fingerprint density at radius 1 is 1.47 bits per heavy atom. The van der Waals surface area contributed by atoms with E-state index in [0.717, 1.165) is 19.3 Å². The lowest BCUT2D eigenvalue weighted by molar-refractivity contribution is -0.141. The van der Waals surface area contributed by atoms with E-state index < -0.39 is 12.0 Å². The van der Waals surface area contributed by atoms with Crippen molar-refractivity contribution in [1.82, 2.24) is 10.6 Å². The number of carbonyl (C=O) groups excluding carboxylic acids is 1. The summed E-state index contributed by atoms with van der Waals surface area (Å²) < 4.78 is 5.66. The third-order valence-electron chi connectivity index (χ3n) is 3.37. The van der Waals surface area contributed by atoms with Crippen molar-refractivity contribution in [2.75, 3.05) is 6.54 Å². The van der Waals surface area contributed by atoms with E-state index >= 15 is 0 Å². The van der Waals surface area contributed by atoms with Gasteiger partial charge < -0.3 is 20.5 Å². The van der Waals surface area contributed by atoms with Gasteiger partial charge in [0, 0.05) is 19.5 Å². The number of hydrogen-bond acceptors (Lipinski definition) is 4. The molecule has 2 bridgehead atoms. The lowest BCUT2D eigenvalue weighted by Crippen LogP contribution is -2.50. The normalized spacial score (nSPS) is 32.4. The van der Waals surface area contributed by atoms with Crippen molar-refractivity contribution in [1.29, 1.82) is 0 Å². The third-order valence-corrected chi connectivity index (χ3v) is 3.37. The second kappa shape index (κ2) is 5.01. The highest BCUT2D eigenvalue weighted by Crippen LogP contribution is 2.34. The Labute approximate surface area is 99.7 Å². The molecule has 2 saturated heterocycles. The maximum atomic E-state index is 10.9. The van der Waals surface area contributed by atoms with Gasteiger partial charge in [-0.3, -0.25) is 4.79 Å². The molecular formula is C11H18N2O4. The fourth-order valence-corrected chi connectivity index (χ4v) is 2.57. The Bertz CT molecular complexity index is 321. The molecule has 3 N–H and O–H groups in total. The standard InChI is InChI=1S/C11H18N2O4/c1-6(14)13-9(11(15)16)5-12-8-4-7-2-3-10(8)17-7/h7-10,12H,2-5H2,1H3,(H,13,14)(H,15,16). The van der Waals surface area contributed by atoms with Crippen molar-refractivity contribution in [2.24, 2.45) is 0 Å². The topological polar surface area (TPSA) is 87.7 Å². The predicted molar refractivity (Wildman–Crippen MR) is 59.5 cm³/mol. The molecule has 2 heterocycles. The van der Waals surface area contributed by atoms with Crippen molar-refractivity contribution < 1.29 is 19.4 Å². The number of carbonyl (C=O) groups is 2. The fourth-order valence-electron chi connectivity index (χ4n) is 2.57. The molecule has 17 heavy (non-hydrogen) atoms. The van der Waals surface area contributed by atoms with Gasteiger partial charge in [0.25, 0.3) is 0 Å². The van der Waals surface area contributed by atoms with Gasteiger partial charge in [-0.25, -0.2) is 4.79 Å². The fraction of sp³-hybridized carbons (Fsp3) is 0.818. The predicted octanol–water partition coefficient (Wildman–Crippen LogP) is -0.515. The van der Waals surface area contributed by atoms with Gasteiger partial charge in [0.05, 0.1) is 12.2 Å². The summed E-state index contributed by atoms with van der Waals surface area (Å²) >= 11 is 0. The van der Waals surface area contributed by atoms with Gasteiger partial charge >= 0.3 is 5.97 Å². The van der Waals surface area contributed by atoms with Gasteiger partial charge in [-0.15, -0.1) is 0 Å². The van der Waals surface area contributed by atoms with Crippen LogP contribution in [0.3, 0.4) is 0 Å². The molecule has 6 heteroatoms. The van der Waals surface area contributed by atoms with E-state index in [1.54, 1.807) is 0 Å². The number of hydrogen-bond donors (Lipinski definition) is 3. The first kappa shape index (κ1) is 12.3. The maximum absolute atomic E-state index is 10.9. The molecule has 0 aromatic carbocycles. The first-order valence-electron chi connectivity index (χ1n) is 5.95. The van der Waals surface area contributed by atoms with E-state index in [1.165, 1.54) is 6.92 Å². The molecular weight excluding hydrogens is 224 g/mol. The van der Waals surface area contributed by atoms with E-state index in [9.17, 15) is 9.59 Å². The average molecular weight is 242 g/mol. The smallest absolute Gasteiger partial charge is 0.327 e. The zero-order valence-electron chi connectivity index (χ0n) is 9.81. The second-order valence-electron chi connectivity index (χ2n) is 4.72. The summed E-state index contributed by atoms with van der Waals surface area (Å²) in [5.74, 6) is -1.35. The van der Waals surface area contributed by atoms with Crippen LogP contribution in [-0.4, -0.2) is 47.8 Å². The number of carboxylic acids is 1. The van der Waals surface area contributed by atoms with Crippen LogP contribution in [0.2, 0.25) is 0 Å². The average Bonchev–Trinajstić information content (AvgIpc) is 2.84. The molecule has 2 aliphatic heterocycles. The number of amides is 1. The summed E-state index contributed by atoms with van der Waals surface area (Å²) in [7, 11) is 0. The molecule has 0 aliphatic carbocycles. The molecule has 4 unspecified atom stereocenters. The second-order valence-corrected chi connectivity index (χ2v) is 4.72. The molecule has 2 rings (SSSR count). The molecule has 2 fully saturated rings. The SMILES string of the molecule is CC(=O)NC(CNC1CC2CCC1O2)C(=O)O. The maximum Gasteiger partial charge on any atom is 0.327 e. The lowest BCUT2D eigenvalue weighted by Gasteiger charge is -2.22. The molecule has 4 atom stereocenters. The minimum Gasteiger partial charge on any atom is -0.480 e. The van der Waals surface area contributed by atoms with Crippen LogP contribution in [0, 0.1) is 0 Å². The Hall–Kier alpha value is -1.14. The van der Waals surface area contributed by atoms with E-state index in [-0.39, 0.29) is 24.6 Å². The van der Waals surface area contributed by atoms with Gasteiger partial charge in [-0.1, -0.05) is 0 Å². The van der Waals surface area contributed by atoms with Crippen LogP contribution in [0.25, 0.3) is 0 Å².